The van der Waals surface area contributed by atoms with Gasteiger partial charge in [-0.25, -0.2) is 0 Å². The Bertz CT molecular complexity index is 552. The maximum atomic E-state index is 5.59. The first-order chi connectivity index (χ1) is 10.3. The fraction of sp³-hybridized carbons (Fsp3) is 0.467. The number of hydrogen-bond donors (Lipinski definition) is 2. The lowest BCUT2D eigenvalue weighted by Gasteiger charge is -2.28. The van der Waals surface area contributed by atoms with Gasteiger partial charge in [-0.3, -0.25) is 4.84 Å². The van der Waals surface area contributed by atoms with Crippen molar-refractivity contribution in [3.63, 3.8) is 0 Å². The molecule has 6 heteroatoms. The average Bonchev–Trinajstić information content (AvgIpc) is 2.96. The minimum atomic E-state index is 0.336. The van der Waals surface area contributed by atoms with Crippen molar-refractivity contribution in [3.05, 3.63) is 45.9 Å². The van der Waals surface area contributed by atoms with E-state index in [1.165, 1.54) is 5.56 Å². The predicted molar refractivity (Wildman–Crippen MR) is 82.8 cm³/mol. The SMILES string of the molecule is Cc1nnc([C@@H]2CC[C@@H](NOCc3ccccc3)CN2)s1. The molecular formula is C15H20N4OS. The topological polar surface area (TPSA) is 59.1 Å². The van der Waals surface area contributed by atoms with E-state index < -0.39 is 0 Å². The Labute approximate surface area is 128 Å². The molecule has 2 N–H and O–H groups in total. The Morgan fingerprint density at radius 1 is 1.29 bits per heavy atom. The van der Waals surface area contributed by atoms with E-state index in [9.17, 15) is 0 Å². The van der Waals surface area contributed by atoms with E-state index in [4.69, 9.17) is 4.84 Å². The maximum Gasteiger partial charge on any atom is 0.134 e. The summed E-state index contributed by atoms with van der Waals surface area (Å²) in [6.45, 7) is 3.47. The van der Waals surface area contributed by atoms with Crippen molar-refractivity contribution in [2.75, 3.05) is 6.54 Å². The summed E-state index contributed by atoms with van der Waals surface area (Å²) in [4.78, 5) is 5.59. The number of benzene rings is 1. The molecule has 1 aromatic carbocycles. The smallest absolute Gasteiger partial charge is 0.134 e. The van der Waals surface area contributed by atoms with Crippen molar-refractivity contribution in [1.82, 2.24) is 21.0 Å². The number of hydrogen-bond acceptors (Lipinski definition) is 6. The van der Waals surface area contributed by atoms with Crippen LogP contribution in [0.4, 0.5) is 0 Å². The standard InChI is InChI=1S/C15H20N4OS/c1-11-17-18-15(21-11)14-8-7-13(9-16-14)19-20-10-12-5-3-2-4-6-12/h2-6,13-14,16,19H,7-10H2,1H3/t13-,14+/m1/s1. The zero-order valence-electron chi connectivity index (χ0n) is 12.1. The Morgan fingerprint density at radius 2 is 2.14 bits per heavy atom. The van der Waals surface area contributed by atoms with Gasteiger partial charge in [0.2, 0.25) is 0 Å². The molecule has 5 nitrogen and oxygen atoms in total. The summed E-state index contributed by atoms with van der Waals surface area (Å²) in [5.41, 5.74) is 4.33. The average molecular weight is 304 g/mol. The Hall–Kier alpha value is -1.34. The van der Waals surface area contributed by atoms with Gasteiger partial charge in [-0.2, -0.15) is 5.48 Å². The lowest BCUT2D eigenvalue weighted by Crippen LogP contribution is -2.44. The Balaban J connectivity index is 1.40. The highest BCUT2D eigenvalue weighted by Crippen LogP contribution is 2.25. The first-order valence-corrected chi connectivity index (χ1v) is 8.07. The van der Waals surface area contributed by atoms with Crippen LogP contribution in [0.15, 0.2) is 30.3 Å². The third kappa shape index (κ3) is 4.07. The van der Waals surface area contributed by atoms with Crippen LogP contribution in [0.3, 0.4) is 0 Å². The zero-order valence-corrected chi connectivity index (χ0v) is 12.9. The Kier molecular flexibility index (Phi) is 4.92. The third-order valence-corrected chi connectivity index (χ3v) is 4.54. The van der Waals surface area contributed by atoms with Crippen LogP contribution in [0.5, 0.6) is 0 Å². The molecule has 1 aliphatic heterocycles. The molecule has 1 saturated heterocycles. The van der Waals surface area contributed by atoms with Gasteiger partial charge < -0.3 is 5.32 Å². The van der Waals surface area contributed by atoms with Crippen molar-refractivity contribution in [1.29, 1.82) is 0 Å². The van der Waals surface area contributed by atoms with Crippen molar-refractivity contribution in [3.8, 4) is 0 Å². The first-order valence-electron chi connectivity index (χ1n) is 7.26. The first kappa shape index (κ1) is 14.6. The molecule has 0 saturated carbocycles. The fourth-order valence-corrected chi connectivity index (χ4v) is 3.25. The van der Waals surface area contributed by atoms with E-state index in [-0.39, 0.29) is 0 Å². The quantitative estimate of drug-likeness (QED) is 0.831. The van der Waals surface area contributed by atoms with Gasteiger partial charge in [0.1, 0.15) is 10.0 Å². The molecule has 3 rings (SSSR count). The van der Waals surface area contributed by atoms with Crippen LogP contribution < -0.4 is 10.8 Å². The second-order valence-electron chi connectivity index (χ2n) is 5.29. The monoisotopic (exact) mass is 304 g/mol. The highest BCUT2D eigenvalue weighted by atomic mass is 32.1. The fourth-order valence-electron chi connectivity index (χ4n) is 2.44. The van der Waals surface area contributed by atoms with Gasteiger partial charge in [0.15, 0.2) is 0 Å². The second kappa shape index (κ2) is 7.09. The van der Waals surface area contributed by atoms with Crippen LogP contribution in [-0.2, 0) is 11.4 Å². The lowest BCUT2D eigenvalue weighted by molar-refractivity contribution is -0.00395. The van der Waals surface area contributed by atoms with Gasteiger partial charge in [0.25, 0.3) is 0 Å². The van der Waals surface area contributed by atoms with E-state index in [1.54, 1.807) is 11.3 Å². The van der Waals surface area contributed by atoms with E-state index >= 15 is 0 Å². The number of hydroxylamine groups is 1. The number of aromatic nitrogens is 2. The van der Waals surface area contributed by atoms with Crippen molar-refractivity contribution < 1.29 is 4.84 Å². The molecule has 21 heavy (non-hydrogen) atoms. The predicted octanol–water partition coefficient (Wildman–Crippen LogP) is 2.36. The second-order valence-corrected chi connectivity index (χ2v) is 6.50. The third-order valence-electron chi connectivity index (χ3n) is 3.59. The Morgan fingerprint density at radius 3 is 2.81 bits per heavy atom. The summed E-state index contributed by atoms with van der Waals surface area (Å²) >= 11 is 1.67. The zero-order chi connectivity index (χ0) is 14.5. The maximum absolute atomic E-state index is 5.59. The summed E-state index contributed by atoms with van der Waals surface area (Å²) in [5, 5.41) is 13.9. The van der Waals surface area contributed by atoms with E-state index in [0.717, 1.165) is 29.4 Å². The van der Waals surface area contributed by atoms with Crippen molar-refractivity contribution in [2.24, 2.45) is 0 Å². The molecular weight excluding hydrogens is 284 g/mol. The number of nitrogens with one attached hydrogen (secondary N) is 2. The summed E-state index contributed by atoms with van der Waals surface area (Å²) in [7, 11) is 0. The van der Waals surface area contributed by atoms with Gasteiger partial charge in [-0.15, -0.1) is 21.5 Å². The van der Waals surface area contributed by atoms with Gasteiger partial charge >= 0.3 is 0 Å². The van der Waals surface area contributed by atoms with Crippen LogP contribution in [0.25, 0.3) is 0 Å². The van der Waals surface area contributed by atoms with E-state index in [2.05, 4.69) is 33.1 Å². The molecule has 1 fully saturated rings. The van der Waals surface area contributed by atoms with E-state index in [1.807, 2.05) is 25.1 Å². The molecule has 0 bridgehead atoms. The molecule has 2 aromatic rings. The molecule has 0 amide bonds. The van der Waals surface area contributed by atoms with E-state index in [0.29, 0.717) is 18.7 Å². The van der Waals surface area contributed by atoms with Crippen molar-refractivity contribution in [2.45, 2.75) is 38.5 Å². The normalized spacial score (nSPS) is 22.3. The minimum absolute atomic E-state index is 0.336. The van der Waals surface area contributed by atoms with Gasteiger partial charge in [-0.05, 0) is 25.3 Å². The molecule has 0 aliphatic carbocycles. The molecule has 2 heterocycles. The van der Waals surface area contributed by atoms with Crippen LogP contribution in [-0.4, -0.2) is 22.8 Å². The minimum Gasteiger partial charge on any atom is -0.306 e. The molecule has 0 unspecified atom stereocenters. The highest BCUT2D eigenvalue weighted by Gasteiger charge is 2.24. The number of aryl methyl sites for hydroxylation is 1. The van der Waals surface area contributed by atoms with Gasteiger partial charge in [-0.1, -0.05) is 30.3 Å². The van der Waals surface area contributed by atoms with Crippen molar-refractivity contribution >= 4 is 11.3 Å². The van der Waals surface area contributed by atoms with Gasteiger partial charge in [0, 0.05) is 12.6 Å². The highest BCUT2D eigenvalue weighted by molar-refractivity contribution is 7.11. The number of rotatable bonds is 5. The summed E-state index contributed by atoms with van der Waals surface area (Å²) < 4.78 is 0. The van der Waals surface area contributed by atoms with Crippen LogP contribution in [0, 0.1) is 6.92 Å². The molecule has 0 spiro atoms. The summed E-state index contributed by atoms with van der Waals surface area (Å²) in [6.07, 6.45) is 2.13. The molecule has 2 atom stereocenters. The lowest BCUT2D eigenvalue weighted by atomic mass is 10.0. The van der Waals surface area contributed by atoms with Crippen LogP contribution in [0.2, 0.25) is 0 Å². The summed E-state index contributed by atoms with van der Waals surface area (Å²) in [6, 6.07) is 10.9. The van der Waals surface area contributed by atoms with Crippen LogP contribution in [0.1, 0.15) is 34.5 Å². The van der Waals surface area contributed by atoms with Crippen LogP contribution >= 0.6 is 11.3 Å². The number of piperidine rings is 1. The largest absolute Gasteiger partial charge is 0.306 e. The van der Waals surface area contributed by atoms with Gasteiger partial charge in [0.05, 0.1) is 12.6 Å². The number of nitrogens with zero attached hydrogens (tertiary/aromatic N) is 2. The molecule has 1 aromatic heterocycles. The molecule has 112 valence electrons. The molecule has 0 radical (unpaired) electrons. The summed E-state index contributed by atoms with van der Waals surface area (Å²) in [5.74, 6) is 0. The molecule has 1 aliphatic rings.